The van der Waals surface area contributed by atoms with Gasteiger partial charge in [0.2, 0.25) is 0 Å². The van der Waals surface area contributed by atoms with E-state index in [1.54, 1.807) is 0 Å². The van der Waals surface area contributed by atoms with Gasteiger partial charge in [0, 0.05) is 19.6 Å². The topological polar surface area (TPSA) is 3.24 Å². The van der Waals surface area contributed by atoms with Crippen LogP contribution in [0.2, 0.25) is 0 Å². The molecule has 0 fully saturated rings. The summed E-state index contributed by atoms with van der Waals surface area (Å²) in [5, 5.41) is 0. The zero-order valence-corrected chi connectivity index (χ0v) is 17.4. The Balaban J connectivity index is 4.62. The van der Waals surface area contributed by atoms with E-state index < -0.39 is 0 Å². The van der Waals surface area contributed by atoms with Gasteiger partial charge in [-0.15, -0.1) is 0 Å². The molecule has 0 heterocycles. The Morgan fingerprint density at radius 2 is 1.09 bits per heavy atom. The summed E-state index contributed by atoms with van der Waals surface area (Å²) < 4.78 is 0. The summed E-state index contributed by atoms with van der Waals surface area (Å²) in [6.45, 7) is 18.2. The van der Waals surface area contributed by atoms with Crippen molar-refractivity contribution in [3.8, 4) is 0 Å². The van der Waals surface area contributed by atoms with Gasteiger partial charge in [0.15, 0.2) is 0 Å². The van der Waals surface area contributed by atoms with Crippen LogP contribution in [-0.2, 0) is 0 Å². The fraction of sp³-hybridized carbons (Fsp3) is 1.00. The third-order valence-corrected chi connectivity index (χ3v) is 5.47. The van der Waals surface area contributed by atoms with Gasteiger partial charge in [0.05, 0.1) is 0 Å². The van der Waals surface area contributed by atoms with E-state index in [1.807, 2.05) is 0 Å². The molecule has 0 amide bonds. The Kier molecular flexibility index (Phi) is 15.5. The predicted octanol–water partition coefficient (Wildman–Crippen LogP) is 7.16. The third kappa shape index (κ3) is 12.0. The van der Waals surface area contributed by atoms with Crippen molar-refractivity contribution in [1.29, 1.82) is 0 Å². The van der Waals surface area contributed by atoms with Crippen LogP contribution in [-0.4, -0.2) is 24.5 Å². The second-order valence-corrected chi connectivity index (χ2v) is 7.95. The Hall–Kier alpha value is -0.0400. The molecular weight excluding hydrogens is 278 g/mol. The summed E-state index contributed by atoms with van der Waals surface area (Å²) in [7, 11) is 0. The van der Waals surface area contributed by atoms with Crippen LogP contribution < -0.4 is 0 Å². The Bertz CT molecular complexity index is 220. The average Bonchev–Trinajstić information content (AvgIpc) is 2.54. The first-order valence-electron chi connectivity index (χ1n) is 10.8. The molecule has 0 aromatic rings. The summed E-state index contributed by atoms with van der Waals surface area (Å²) in [6.07, 6.45) is 13.8. The van der Waals surface area contributed by atoms with Gasteiger partial charge in [-0.1, -0.05) is 86.5 Å². The van der Waals surface area contributed by atoms with Crippen molar-refractivity contribution in [2.75, 3.05) is 19.6 Å². The molecule has 23 heavy (non-hydrogen) atoms. The molecule has 3 atom stereocenters. The highest BCUT2D eigenvalue weighted by molar-refractivity contribution is 4.72. The molecule has 0 bridgehead atoms. The molecule has 0 radical (unpaired) electrons. The number of hydrogen-bond acceptors (Lipinski definition) is 1. The maximum absolute atomic E-state index is 2.84. The van der Waals surface area contributed by atoms with Crippen LogP contribution in [0.4, 0.5) is 0 Å². The summed E-state index contributed by atoms with van der Waals surface area (Å²) in [4.78, 5) is 2.84. The van der Waals surface area contributed by atoms with Gasteiger partial charge in [-0.05, 0) is 37.0 Å². The normalized spacial score (nSPS) is 15.8. The largest absolute Gasteiger partial charge is 0.303 e. The van der Waals surface area contributed by atoms with Crippen molar-refractivity contribution < 1.29 is 0 Å². The number of unbranched alkanes of at least 4 members (excludes halogenated alkanes) is 2. The summed E-state index contributed by atoms with van der Waals surface area (Å²) in [5.74, 6) is 2.67. The number of hydrogen-bond donors (Lipinski definition) is 0. The van der Waals surface area contributed by atoms with Crippen LogP contribution in [0.25, 0.3) is 0 Å². The molecule has 1 heteroatoms. The minimum absolute atomic E-state index is 0.854. The van der Waals surface area contributed by atoms with Crippen LogP contribution in [0.3, 0.4) is 0 Å². The van der Waals surface area contributed by atoms with Gasteiger partial charge < -0.3 is 4.90 Å². The molecule has 1 nitrogen and oxygen atoms in total. The zero-order valence-electron chi connectivity index (χ0n) is 17.4. The number of rotatable bonds is 16. The van der Waals surface area contributed by atoms with Crippen LogP contribution in [0.1, 0.15) is 106 Å². The smallest absolute Gasteiger partial charge is 0.000978 e. The summed E-state index contributed by atoms with van der Waals surface area (Å²) in [5.41, 5.74) is 0. The van der Waals surface area contributed by atoms with Crippen LogP contribution in [0.5, 0.6) is 0 Å². The molecule has 0 saturated heterocycles. The molecular formula is C22H47N. The van der Waals surface area contributed by atoms with E-state index in [4.69, 9.17) is 0 Å². The third-order valence-electron chi connectivity index (χ3n) is 5.47. The fourth-order valence-corrected chi connectivity index (χ4v) is 3.81. The lowest BCUT2D eigenvalue weighted by atomic mass is 9.94. The van der Waals surface area contributed by atoms with E-state index >= 15 is 0 Å². The van der Waals surface area contributed by atoms with Crippen LogP contribution in [0.15, 0.2) is 0 Å². The van der Waals surface area contributed by atoms with E-state index in [9.17, 15) is 0 Å². The van der Waals surface area contributed by atoms with E-state index in [0.717, 1.165) is 17.8 Å². The van der Waals surface area contributed by atoms with E-state index in [0.29, 0.717) is 0 Å². The first-order chi connectivity index (χ1) is 11.1. The first-order valence-corrected chi connectivity index (χ1v) is 10.8. The van der Waals surface area contributed by atoms with Crippen molar-refractivity contribution in [3.63, 3.8) is 0 Å². The molecule has 0 saturated carbocycles. The van der Waals surface area contributed by atoms with Gasteiger partial charge in [-0.25, -0.2) is 0 Å². The number of nitrogens with zero attached hydrogens (tertiary/aromatic N) is 1. The van der Waals surface area contributed by atoms with Crippen molar-refractivity contribution in [2.24, 2.45) is 17.8 Å². The van der Waals surface area contributed by atoms with Gasteiger partial charge in [0.1, 0.15) is 0 Å². The second kappa shape index (κ2) is 15.5. The lowest BCUT2D eigenvalue weighted by Crippen LogP contribution is -2.37. The van der Waals surface area contributed by atoms with E-state index in [-0.39, 0.29) is 0 Å². The van der Waals surface area contributed by atoms with Crippen molar-refractivity contribution in [2.45, 2.75) is 106 Å². The maximum atomic E-state index is 2.84. The SMILES string of the molecule is CCCCC(CC)CN(CC(C)CCC)CC(CC)CCCC. The highest BCUT2D eigenvalue weighted by Gasteiger charge is 2.18. The highest BCUT2D eigenvalue weighted by Crippen LogP contribution is 2.20. The Morgan fingerprint density at radius 1 is 0.609 bits per heavy atom. The summed E-state index contributed by atoms with van der Waals surface area (Å²) in [6, 6.07) is 0. The zero-order chi connectivity index (χ0) is 17.5. The molecule has 0 aromatic carbocycles. The van der Waals surface area contributed by atoms with E-state index in [1.165, 1.54) is 83.8 Å². The van der Waals surface area contributed by atoms with Crippen molar-refractivity contribution in [1.82, 2.24) is 4.90 Å². The van der Waals surface area contributed by atoms with Gasteiger partial charge in [0.25, 0.3) is 0 Å². The minimum Gasteiger partial charge on any atom is -0.303 e. The van der Waals surface area contributed by atoms with Gasteiger partial charge in [-0.2, -0.15) is 0 Å². The van der Waals surface area contributed by atoms with Crippen molar-refractivity contribution in [3.05, 3.63) is 0 Å². The standard InChI is InChI=1S/C22H47N/c1-7-12-15-21(10-4)18-23(17-20(6)14-9-3)19-22(11-5)16-13-8-2/h20-22H,7-19H2,1-6H3. The lowest BCUT2D eigenvalue weighted by Gasteiger charge is -2.32. The van der Waals surface area contributed by atoms with E-state index in [2.05, 4.69) is 46.4 Å². The molecule has 140 valence electrons. The molecule has 3 unspecified atom stereocenters. The van der Waals surface area contributed by atoms with Crippen LogP contribution in [0, 0.1) is 17.8 Å². The molecule has 0 aromatic heterocycles. The highest BCUT2D eigenvalue weighted by atomic mass is 15.1. The average molecular weight is 326 g/mol. The van der Waals surface area contributed by atoms with Gasteiger partial charge >= 0.3 is 0 Å². The first kappa shape index (κ1) is 23.0. The Morgan fingerprint density at radius 3 is 1.43 bits per heavy atom. The van der Waals surface area contributed by atoms with Crippen molar-refractivity contribution >= 4 is 0 Å². The molecule has 0 aliphatic rings. The lowest BCUT2D eigenvalue weighted by molar-refractivity contribution is 0.158. The molecule has 0 rings (SSSR count). The Labute approximate surface area is 148 Å². The molecule has 0 aliphatic heterocycles. The predicted molar refractivity (Wildman–Crippen MR) is 107 cm³/mol. The van der Waals surface area contributed by atoms with Gasteiger partial charge in [-0.3, -0.25) is 0 Å². The summed E-state index contributed by atoms with van der Waals surface area (Å²) >= 11 is 0. The monoisotopic (exact) mass is 325 g/mol. The second-order valence-electron chi connectivity index (χ2n) is 7.95. The fourth-order valence-electron chi connectivity index (χ4n) is 3.81. The molecule has 0 N–H and O–H groups in total. The molecule has 0 spiro atoms. The molecule has 0 aliphatic carbocycles. The minimum atomic E-state index is 0.854. The van der Waals surface area contributed by atoms with Crippen LogP contribution >= 0.6 is 0 Å². The maximum Gasteiger partial charge on any atom is 0.000978 e. The quantitative estimate of drug-likeness (QED) is 0.291.